The van der Waals surface area contributed by atoms with Crippen LogP contribution in [0, 0.1) is 0 Å². The lowest BCUT2D eigenvalue weighted by molar-refractivity contribution is -0.305. The first-order chi connectivity index (χ1) is 13.0. The van der Waals surface area contributed by atoms with Crippen molar-refractivity contribution < 1.29 is 28.8 Å². The van der Waals surface area contributed by atoms with E-state index in [0.29, 0.717) is 19.8 Å². The van der Waals surface area contributed by atoms with Gasteiger partial charge in [0.05, 0.1) is 0 Å². The molecule has 0 saturated carbocycles. The summed E-state index contributed by atoms with van der Waals surface area (Å²) >= 11 is 0. The molecule has 1 amide bonds. The molecule has 1 rings (SSSR count). The Morgan fingerprint density at radius 2 is 1.37 bits per heavy atom. The standard InChI is InChI=1S/C20H39NO6/c1-5-8-11-24-17-16(14-21-15(4)22)27-20(23)19(26-13-10-7-3)18(17)25-12-9-6-2/h16-20,23H,5-14H2,1-4H3,(H,21,22). The fourth-order valence-corrected chi connectivity index (χ4v) is 2.96. The highest BCUT2D eigenvalue weighted by atomic mass is 16.7. The van der Waals surface area contributed by atoms with Crippen molar-refractivity contribution in [2.45, 2.75) is 96.9 Å². The summed E-state index contributed by atoms with van der Waals surface area (Å²) in [5.41, 5.74) is 0. The molecule has 0 aromatic heterocycles. The van der Waals surface area contributed by atoms with E-state index in [9.17, 15) is 9.90 Å². The van der Waals surface area contributed by atoms with Crippen molar-refractivity contribution in [1.82, 2.24) is 5.32 Å². The second kappa shape index (κ2) is 14.3. The van der Waals surface area contributed by atoms with Gasteiger partial charge in [-0.3, -0.25) is 4.79 Å². The van der Waals surface area contributed by atoms with E-state index < -0.39 is 30.7 Å². The molecule has 1 aliphatic rings. The van der Waals surface area contributed by atoms with Gasteiger partial charge in [-0.05, 0) is 19.3 Å². The van der Waals surface area contributed by atoms with Crippen LogP contribution in [0.2, 0.25) is 0 Å². The second-order valence-electron chi connectivity index (χ2n) is 7.07. The number of ether oxygens (including phenoxy) is 4. The molecule has 0 bridgehead atoms. The molecule has 5 unspecified atom stereocenters. The summed E-state index contributed by atoms with van der Waals surface area (Å²) in [7, 11) is 0. The third-order valence-electron chi connectivity index (χ3n) is 4.59. The molecule has 7 heteroatoms. The van der Waals surface area contributed by atoms with Crippen LogP contribution in [-0.2, 0) is 23.7 Å². The molecule has 0 radical (unpaired) electrons. The number of hydrogen-bond acceptors (Lipinski definition) is 6. The normalized spacial score (nSPS) is 28.3. The number of carbonyl (C=O) groups is 1. The van der Waals surface area contributed by atoms with Crippen molar-refractivity contribution in [3.63, 3.8) is 0 Å². The van der Waals surface area contributed by atoms with E-state index in [1.165, 1.54) is 6.92 Å². The lowest BCUT2D eigenvalue weighted by atomic mass is 9.97. The van der Waals surface area contributed by atoms with E-state index in [1.54, 1.807) is 0 Å². The van der Waals surface area contributed by atoms with Gasteiger partial charge in [-0.25, -0.2) is 0 Å². The van der Waals surface area contributed by atoms with Crippen LogP contribution < -0.4 is 5.32 Å². The van der Waals surface area contributed by atoms with Crippen molar-refractivity contribution in [2.75, 3.05) is 26.4 Å². The second-order valence-corrected chi connectivity index (χ2v) is 7.07. The number of rotatable bonds is 14. The van der Waals surface area contributed by atoms with E-state index in [-0.39, 0.29) is 12.5 Å². The van der Waals surface area contributed by atoms with Crippen molar-refractivity contribution >= 4 is 5.91 Å². The van der Waals surface area contributed by atoms with Gasteiger partial charge in [-0.15, -0.1) is 0 Å². The molecule has 0 aromatic rings. The lowest BCUT2D eigenvalue weighted by Crippen LogP contribution is -2.62. The van der Waals surface area contributed by atoms with Crippen molar-refractivity contribution in [3.05, 3.63) is 0 Å². The largest absolute Gasteiger partial charge is 0.373 e. The van der Waals surface area contributed by atoms with Crippen LogP contribution in [0.5, 0.6) is 0 Å². The van der Waals surface area contributed by atoms with Crippen LogP contribution in [0.3, 0.4) is 0 Å². The Labute approximate surface area is 164 Å². The first-order valence-corrected chi connectivity index (χ1v) is 10.5. The van der Waals surface area contributed by atoms with Crippen LogP contribution in [0.1, 0.15) is 66.2 Å². The minimum absolute atomic E-state index is 0.148. The summed E-state index contributed by atoms with van der Waals surface area (Å²) < 4.78 is 23.9. The van der Waals surface area contributed by atoms with E-state index in [4.69, 9.17) is 18.9 Å². The van der Waals surface area contributed by atoms with Crippen molar-refractivity contribution in [1.29, 1.82) is 0 Å². The number of aliphatic hydroxyl groups is 1. The van der Waals surface area contributed by atoms with Crippen LogP contribution in [-0.4, -0.2) is 68.1 Å². The Kier molecular flexibility index (Phi) is 12.9. The minimum Gasteiger partial charge on any atom is -0.373 e. The van der Waals surface area contributed by atoms with Crippen molar-refractivity contribution in [3.8, 4) is 0 Å². The predicted molar refractivity (Wildman–Crippen MR) is 104 cm³/mol. The Morgan fingerprint density at radius 3 is 1.85 bits per heavy atom. The third kappa shape index (κ3) is 8.87. The van der Waals surface area contributed by atoms with E-state index >= 15 is 0 Å². The molecule has 27 heavy (non-hydrogen) atoms. The van der Waals surface area contributed by atoms with E-state index in [2.05, 4.69) is 26.1 Å². The molecule has 0 aliphatic carbocycles. The van der Waals surface area contributed by atoms with Gasteiger partial charge < -0.3 is 29.4 Å². The number of amides is 1. The highest BCUT2D eigenvalue weighted by Gasteiger charge is 2.47. The van der Waals surface area contributed by atoms with Gasteiger partial charge in [0, 0.05) is 33.3 Å². The fourth-order valence-electron chi connectivity index (χ4n) is 2.96. The Balaban J connectivity index is 2.90. The van der Waals surface area contributed by atoms with Gasteiger partial charge in [0.1, 0.15) is 24.4 Å². The molecule has 2 N–H and O–H groups in total. The average Bonchev–Trinajstić information content (AvgIpc) is 2.64. The summed E-state index contributed by atoms with van der Waals surface area (Å²) in [5.74, 6) is -0.148. The summed E-state index contributed by atoms with van der Waals surface area (Å²) in [5, 5.41) is 13.3. The number of carbonyl (C=O) groups excluding carboxylic acids is 1. The Hall–Kier alpha value is -0.730. The SMILES string of the molecule is CCCCOC1C(O)OC(CNC(C)=O)C(OCCCC)C1OCCCC. The number of nitrogens with one attached hydrogen (secondary N) is 1. The summed E-state index contributed by atoms with van der Waals surface area (Å²) in [6.07, 6.45) is 2.75. The molecule has 5 atom stereocenters. The quantitative estimate of drug-likeness (QED) is 0.444. The van der Waals surface area contributed by atoms with E-state index in [0.717, 1.165) is 38.5 Å². The molecule has 1 fully saturated rings. The molecule has 0 aromatic carbocycles. The van der Waals surface area contributed by atoms with Crippen LogP contribution in [0.4, 0.5) is 0 Å². The summed E-state index contributed by atoms with van der Waals surface area (Å²) in [4.78, 5) is 11.3. The summed E-state index contributed by atoms with van der Waals surface area (Å²) in [6.45, 7) is 9.70. The van der Waals surface area contributed by atoms with Crippen molar-refractivity contribution in [2.24, 2.45) is 0 Å². The number of hydrogen-bond donors (Lipinski definition) is 2. The van der Waals surface area contributed by atoms with Gasteiger partial charge in [0.15, 0.2) is 6.29 Å². The number of aliphatic hydroxyl groups excluding tert-OH is 1. The first kappa shape index (κ1) is 24.3. The van der Waals surface area contributed by atoms with Crippen LogP contribution >= 0.6 is 0 Å². The molecule has 0 spiro atoms. The lowest BCUT2D eigenvalue weighted by Gasteiger charge is -2.44. The smallest absolute Gasteiger partial charge is 0.216 e. The van der Waals surface area contributed by atoms with Crippen LogP contribution in [0.25, 0.3) is 0 Å². The van der Waals surface area contributed by atoms with Gasteiger partial charge in [0.25, 0.3) is 0 Å². The zero-order valence-electron chi connectivity index (χ0n) is 17.4. The minimum atomic E-state index is -1.11. The highest BCUT2D eigenvalue weighted by molar-refractivity contribution is 5.72. The molecular formula is C20H39NO6. The molecule has 1 aliphatic heterocycles. The maximum atomic E-state index is 11.3. The average molecular weight is 390 g/mol. The van der Waals surface area contributed by atoms with E-state index in [1.807, 2.05) is 0 Å². The van der Waals surface area contributed by atoms with Gasteiger partial charge in [-0.2, -0.15) is 0 Å². The Morgan fingerprint density at radius 1 is 0.889 bits per heavy atom. The first-order valence-electron chi connectivity index (χ1n) is 10.5. The van der Waals surface area contributed by atoms with Gasteiger partial charge >= 0.3 is 0 Å². The number of unbranched alkanes of at least 4 members (excludes halogenated alkanes) is 3. The maximum absolute atomic E-state index is 11.3. The molecule has 160 valence electrons. The van der Waals surface area contributed by atoms with Crippen LogP contribution in [0.15, 0.2) is 0 Å². The molecule has 1 saturated heterocycles. The van der Waals surface area contributed by atoms with Gasteiger partial charge in [0.2, 0.25) is 5.91 Å². The molecule has 1 heterocycles. The zero-order valence-corrected chi connectivity index (χ0v) is 17.4. The zero-order chi connectivity index (χ0) is 20.1. The monoisotopic (exact) mass is 389 g/mol. The maximum Gasteiger partial charge on any atom is 0.216 e. The topological polar surface area (TPSA) is 86.2 Å². The molecule has 7 nitrogen and oxygen atoms in total. The summed E-state index contributed by atoms with van der Waals surface area (Å²) in [6, 6.07) is 0. The fraction of sp³-hybridized carbons (Fsp3) is 0.950. The highest BCUT2D eigenvalue weighted by Crippen LogP contribution is 2.28. The van der Waals surface area contributed by atoms with Gasteiger partial charge in [-0.1, -0.05) is 40.0 Å². The predicted octanol–water partition coefficient (Wildman–Crippen LogP) is 2.40. The third-order valence-corrected chi connectivity index (χ3v) is 4.59. The Bertz CT molecular complexity index is 395. The molecular weight excluding hydrogens is 350 g/mol.